The van der Waals surface area contributed by atoms with Crippen molar-refractivity contribution in [3.8, 4) is 23.1 Å². The topological polar surface area (TPSA) is 41.6 Å². The number of hydrogen-bond donors (Lipinski definition) is 0. The van der Waals surface area contributed by atoms with E-state index in [1.807, 2.05) is 6.07 Å². The Kier molecular flexibility index (Phi) is 3.39. The third-order valence-electron chi connectivity index (χ3n) is 3.16. The number of halogens is 3. The van der Waals surface area contributed by atoms with Crippen LogP contribution in [0.15, 0.2) is 48.8 Å². The second-order valence-corrected chi connectivity index (χ2v) is 4.51. The summed E-state index contributed by atoms with van der Waals surface area (Å²) in [5.74, 6) is -3.77. The van der Waals surface area contributed by atoms with Gasteiger partial charge in [-0.25, -0.2) is 18.2 Å². The summed E-state index contributed by atoms with van der Waals surface area (Å²) in [5, 5.41) is 8.93. The van der Waals surface area contributed by atoms with Gasteiger partial charge in [0.1, 0.15) is 5.82 Å². The fraction of sp³-hybridized carbons (Fsp3) is 0. The Bertz CT molecular complexity index is 894. The fourth-order valence-corrected chi connectivity index (χ4v) is 2.14. The predicted octanol–water partition coefficient (Wildman–Crippen LogP) is 3.83. The summed E-state index contributed by atoms with van der Waals surface area (Å²) in [7, 11) is 0. The third kappa shape index (κ3) is 2.23. The van der Waals surface area contributed by atoms with Crippen molar-refractivity contribution in [2.24, 2.45) is 0 Å². The Balaban J connectivity index is 2.18. The van der Waals surface area contributed by atoms with Crippen LogP contribution in [0.25, 0.3) is 17.1 Å². The molecule has 0 spiro atoms. The number of aromatic nitrogens is 2. The van der Waals surface area contributed by atoms with Crippen molar-refractivity contribution >= 4 is 0 Å². The molecule has 0 saturated heterocycles. The van der Waals surface area contributed by atoms with E-state index in [0.29, 0.717) is 17.0 Å². The van der Waals surface area contributed by atoms with Gasteiger partial charge in [0.05, 0.1) is 17.3 Å². The maximum atomic E-state index is 14.0. The Morgan fingerprint density at radius 3 is 2.64 bits per heavy atom. The molecule has 0 aliphatic heterocycles. The molecule has 108 valence electrons. The molecule has 0 aliphatic carbocycles. The highest BCUT2D eigenvalue weighted by Crippen LogP contribution is 2.25. The number of rotatable bonds is 2. The largest absolute Gasteiger partial charge is 0.297 e. The Labute approximate surface area is 123 Å². The summed E-state index contributed by atoms with van der Waals surface area (Å²) >= 11 is 0. The maximum Gasteiger partial charge on any atom is 0.196 e. The van der Waals surface area contributed by atoms with Crippen molar-refractivity contribution in [2.75, 3.05) is 0 Å². The lowest BCUT2D eigenvalue weighted by Crippen LogP contribution is -2.03. The molecule has 0 amide bonds. The predicted molar refractivity (Wildman–Crippen MR) is 73.6 cm³/mol. The SMILES string of the molecule is N#Cc1cccc(-c2nccn2-c2ccc(F)c(F)c2F)c1. The molecule has 0 saturated carbocycles. The monoisotopic (exact) mass is 299 g/mol. The van der Waals surface area contributed by atoms with Gasteiger partial charge in [0, 0.05) is 18.0 Å². The summed E-state index contributed by atoms with van der Waals surface area (Å²) in [6.45, 7) is 0. The van der Waals surface area contributed by atoms with Crippen LogP contribution in [-0.2, 0) is 0 Å². The van der Waals surface area contributed by atoms with Gasteiger partial charge in [-0.1, -0.05) is 12.1 Å². The number of nitrogens with zero attached hydrogens (tertiary/aromatic N) is 3. The third-order valence-corrected chi connectivity index (χ3v) is 3.16. The van der Waals surface area contributed by atoms with E-state index in [9.17, 15) is 13.2 Å². The summed E-state index contributed by atoms with van der Waals surface area (Å²) < 4.78 is 41.7. The first kappa shape index (κ1) is 13.9. The normalized spacial score (nSPS) is 10.5. The lowest BCUT2D eigenvalue weighted by Gasteiger charge is -2.10. The second kappa shape index (κ2) is 5.37. The van der Waals surface area contributed by atoms with Crippen LogP contribution >= 0.6 is 0 Å². The van der Waals surface area contributed by atoms with Crippen LogP contribution in [0.1, 0.15) is 5.56 Å². The Morgan fingerprint density at radius 2 is 1.86 bits per heavy atom. The van der Waals surface area contributed by atoms with Gasteiger partial charge in [0.2, 0.25) is 0 Å². The van der Waals surface area contributed by atoms with Crippen molar-refractivity contribution < 1.29 is 13.2 Å². The Morgan fingerprint density at radius 1 is 1.05 bits per heavy atom. The maximum absolute atomic E-state index is 14.0. The van der Waals surface area contributed by atoms with E-state index < -0.39 is 17.5 Å². The van der Waals surface area contributed by atoms with Crippen LogP contribution < -0.4 is 0 Å². The van der Waals surface area contributed by atoms with Crippen LogP contribution in [0.2, 0.25) is 0 Å². The minimum atomic E-state index is -1.54. The molecule has 3 aromatic rings. The van der Waals surface area contributed by atoms with E-state index in [1.165, 1.54) is 17.0 Å². The van der Waals surface area contributed by atoms with Gasteiger partial charge in [-0.05, 0) is 24.3 Å². The van der Waals surface area contributed by atoms with Crippen molar-refractivity contribution in [2.45, 2.75) is 0 Å². The molecule has 0 aliphatic rings. The average Bonchev–Trinajstić information content (AvgIpc) is 3.02. The average molecular weight is 299 g/mol. The van der Waals surface area contributed by atoms with E-state index in [0.717, 1.165) is 12.1 Å². The summed E-state index contributed by atoms with van der Waals surface area (Å²) in [5.41, 5.74) is 0.819. The number of imidazole rings is 1. The van der Waals surface area contributed by atoms with Crippen molar-refractivity contribution in [1.29, 1.82) is 5.26 Å². The molecule has 0 atom stereocenters. The number of benzene rings is 2. The Hall–Kier alpha value is -3.07. The molecule has 0 unspecified atom stereocenters. The van der Waals surface area contributed by atoms with Gasteiger partial charge in [-0.2, -0.15) is 5.26 Å². The van der Waals surface area contributed by atoms with Crippen LogP contribution in [0.4, 0.5) is 13.2 Å². The zero-order valence-corrected chi connectivity index (χ0v) is 11.1. The van der Waals surface area contributed by atoms with E-state index in [2.05, 4.69) is 4.98 Å². The highest BCUT2D eigenvalue weighted by atomic mass is 19.2. The molecule has 22 heavy (non-hydrogen) atoms. The summed E-state index contributed by atoms with van der Waals surface area (Å²) in [4.78, 5) is 4.10. The lowest BCUT2D eigenvalue weighted by atomic mass is 10.1. The molecule has 2 aromatic carbocycles. The smallest absolute Gasteiger partial charge is 0.196 e. The van der Waals surface area contributed by atoms with Gasteiger partial charge >= 0.3 is 0 Å². The van der Waals surface area contributed by atoms with Crippen LogP contribution in [-0.4, -0.2) is 9.55 Å². The molecule has 3 rings (SSSR count). The fourth-order valence-electron chi connectivity index (χ4n) is 2.14. The zero-order chi connectivity index (χ0) is 15.7. The first-order valence-electron chi connectivity index (χ1n) is 6.29. The second-order valence-electron chi connectivity index (χ2n) is 4.51. The van der Waals surface area contributed by atoms with Gasteiger partial charge < -0.3 is 0 Å². The lowest BCUT2D eigenvalue weighted by molar-refractivity contribution is 0.445. The molecule has 6 heteroatoms. The molecule has 0 radical (unpaired) electrons. The molecule has 0 bridgehead atoms. The minimum Gasteiger partial charge on any atom is -0.297 e. The highest BCUT2D eigenvalue weighted by molar-refractivity contribution is 5.61. The summed E-state index contributed by atoms with van der Waals surface area (Å²) in [6.07, 6.45) is 2.85. The number of hydrogen-bond acceptors (Lipinski definition) is 2. The van der Waals surface area contributed by atoms with Gasteiger partial charge in [0.25, 0.3) is 0 Å². The van der Waals surface area contributed by atoms with E-state index >= 15 is 0 Å². The van der Waals surface area contributed by atoms with Gasteiger partial charge in [-0.3, -0.25) is 4.57 Å². The first-order chi connectivity index (χ1) is 10.6. The van der Waals surface area contributed by atoms with Crippen LogP contribution in [0.5, 0.6) is 0 Å². The zero-order valence-electron chi connectivity index (χ0n) is 11.1. The minimum absolute atomic E-state index is 0.159. The molecule has 1 aromatic heterocycles. The molecular weight excluding hydrogens is 291 g/mol. The highest BCUT2D eigenvalue weighted by Gasteiger charge is 2.17. The molecule has 1 heterocycles. The van der Waals surface area contributed by atoms with Crippen molar-refractivity contribution in [1.82, 2.24) is 9.55 Å². The van der Waals surface area contributed by atoms with Crippen LogP contribution in [0.3, 0.4) is 0 Å². The number of nitriles is 1. The van der Waals surface area contributed by atoms with Crippen LogP contribution in [0, 0.1) is 28.8 Å². The van der Waals surface area contributed by atoms with Gasteiger partial charge in [-0.15, -0.1) is 0 Å². The first-order valence-corrected chi connectivity index (χ1v) is 6.29. The van der Waals surface area contributed by atoms with Gasteiger partial charge in [0.15, 0.2) is 17.5 Å². The molecule has 3 nitrogen and oxygen atoms in total. The standard InChI is InChI=1S/C16H8F3N3/c17-12-4-5-13(15(19)14(12)18)22-7-6-21-16(22)11-3-1-2-10(8-11)9-20/h1-8H. The van der Waals surface area contributed by atoms with Crippen molar-refractivity contribution in [3.63, 3.8) is 0 Å². The molecule has 0 fully saturated rings. The van der Waals surface area contributed by atoms with E-state index in [1.54, 1.807) is 24.3 Å². The molecule has 0 N–H and O–H groups in total. The van der Waals surface area contributed by atoms with E-state index in [4.69, 9.17) is 5.26 Å². The van der Waals surface area contributed by atoms with Crippen molar-refractivity contribution in [3.05, 3.63) is 71.8 Å². The summed E-state index contributed by atoms with van der Waals surface area (Å²) in [6, 6.07) is 10.5. The molecular formula is C16H8F3N3. The quantitative estimate of drug-likeness (QED) is 0.675. The van der Waals surface area contributed by atoms with E-state index in [-0.39, 0.29) is 5.69 Å².